The zero-order valence-corrected chi connectivity index (χ0v) is 17.6. The fourth-order valence-electron chi connectivity index (χ4n) is 5.01. The summed E-state index contributed by atoms with van der Waals surface area (Å²) < 4.78 is 0. The minimum atomic E-state index is 0.332. The van der Waals surface area contributed by atoms with Crippen LogP contribution in [0.25, 0.3) is 0 Å². The van der Waals surface area contributed by atoms with Crippen LogP contribution in [0.4, 0.5) is 0 Å². The number of aromatic nitrogens is 1. The van der Waals surface area contributed by atoms with E-state index in [0.717, 1.165) is 52.0 Å². The highest BCUT2D eigenvalue weighted by Crippen LogP contribution is 2.40. The van der Waals surface area contributed by atoms with E-state index in [1.807, 2.05) is 12.4 Å². The van der Waals surface area contributed by atoms with Crippen LogP contribution in [0, 0.1) is 5.41 Å². The number of pyridine rings is 1. The van der Waals surface area contributed by atoms with Gasteiger partial charge < -0.3 is 9.80 Å². The molecule has 4 rings (SSSR count). The molecule has 2 saturated heterocycles. The van der Waals surface area contributed by atoms with Crippen molar-refractivity contribution in [2.75, 3.05) is 32.7 Å². The number of carbonyl (C=O) groups is 1. The average Bonchev–Trinajstić information content (AvgIpc) is 2.77. The molecule has 0 saturated carbocycles. The van der Waals surface area contributed by atoms with Crippen LogP contribution in [-0.2, 0) is 11.2 Å². The van der Waals surface area contributed by atoms with Crippen LogP contribution >= 0.6 is 0 Å². The first-order valence-corrected chi connectivity index (χ1v) is 11.1. The molecule has 2 aliphatic heterocycles. The van der Waals surface area contributed by atoms with Crippen LogP contribution in [0.2, 0.25) is 0 Å². The van der Waals surface area contributed by atoms with Crippen molar-refractivity contribution < 1.29 is 4.79 Å². The van der Waals surface area contributed by atoms with Crippen molar-refractivity contribution in [1.29, 1.82) is 0 Å². The molecule has 4 heteroatoms. The molecule has 1 aromatic heterocycles. The van der Waals surface area contributed by atoms with Gasteiger partial charge in [0, 0.05) is 38.4 Å². The predicted molar refractivity (Wildman–Crippen MR) is 117 cm³/mol. The summed E-state index contributed by atoms with van der Waals surface area (Å²) in [7, 11) is 0. The number of rotatable bonds is 6. The van der Waals surface area contributed by atoms with Gasteiger partial charge in [-0.2, -0.15) is 0 Å². The third-order valence-corrected chi connectivity index (χ3v) is 6.99. The minimum absolute atomic E-state index is 0.332. The zero-order valence-electron chi connectivity index (χ0n) is 17.6. The molecule has 1 spiro atoms. The molecule has 0 bridgehead atoms. The fraction of sp³-hybridized carbons (Fsp3) is 0.520. The number of hydrogen-bond donors (Lipinski definition) is 0. The molecule has 1 atom stereocenters. The largest absolute Gasteiger partial charge is 0.342 e. The van der Waals surface area contributed by atoms with Gasteiger partial charge in [-0.15, -0.1) is 0 Å². The van der Waals surface area contributed by atoms with E-state index in [0.29, 0.717) is 17.2 Å². The van der Waals surface area contributed by atoms with Crippen molar-refractivity contribution >= 4 is 5.91 Å². The summed E-state index contributed by atoms with van der Waals surface area (Å²) in [5.74, 6) is 0.903. The lowest BCUT2D eigenvalue weighted by Crippen LogP contribution is -2.52. The Morgan fingerprint density at radius 2 is 1.76 bits per heavy atom. The number of benzene rings is 1. The molecule has 0 aliphatic carbocycles. The summed E-state index contributed by atoms with van der Waals surface area (Å²) in [6.45, 7) is 7.55. The van der Waals surface area contributed by atoms with E-state index >= 15 is 0 Å². The number of carbonyl (C=O) groups excluding carboxylic acids is 1. The van der Waals surface area contributed by atoms with Crippen molar-refractivity contribution in [2.24, 2.45) is 5.41 Å². The number of piperidine rings is 2. The molecule has 0 radical (unpaired) electrons. The molecular weight excluding hydrogens is 358 g/mol. The third-order valence-electron chi connectivity index (χ3n) is 6.99. The first-order valence-electron chi connectivity index (χ1n) is 11.1. The molecule has 3 heterocycles. The first-order chi connectivity index (χ1) is 14.1. The van der Waals surface area contributed by atoms with Crippen LogP contribution in [0.15, 0.2) is 54.9 Å². The molecule has 2 fully saturated rings. The molecule has 154 valence electrons. The van der Waals surface area contributed by atoms with Gasteiger partial charge in [0.2, 0.25) is 5.91 Å². The topological polar surface area (TPSA) is 36.4 Å². The van der Waals surface area contributed by atoms with E-state index in [1.54, 1.807) is 0 Å². The molecule has 1 amide bonds. The minimum Gasteiger partial charge on any atom is -0.342 e. The standard InChI is InChI=1S/C25H33N3O/c1-21(23-5-3-2-4-6-23)19-27-17-12-25(13-18-27)11-7-24(29)28(20-25)16-10-22-8-14-26-15-9-22/h2-6,8-9,14-15,21H,7,10-13,16-20H2,1H3/t21-/m1/s1. The van der Waals surface area contributed by atoms with Gasteiger partial charge in [-0.25, -0.2) is 0 Å². The normalized spacial score (nSPS) is 20.7. The molecule has 0 N–H and O–H groups in total. The van der Waals surface area contributed by atoms with Gasteiger partial charge in [0.25, 0.3) is 0 Å². The summed E-state index contributed by atoms with van der Waals surface area (Å²) in [5, 5.41) is 0. The first kappa shape index (κ1) is 20.1. The average molecular weight is 392 g/mol. The second-order valence-corrected chi connectivity index (χ2v) is 9.03. The van der Waals surface area contributed by atoms with Crippen LogP contribution < -0.4 is 0 Å². The van der Waals surface area contributed by atoms with Crippen LogP contribution in [0.3, 0.4) is 0 Å². The Labute approximate surface area is 174 Å². The van der Waals surface area contributed by atoms with Crippen molar-refractivity contribution in [3.05, 3.63) is 66.0 Å². The summed E-state index contributed by atoms with van der Waals surface area (Å²) in [5.41, 5.74) is 3.02. The Balaban J connectivity index is 1.29. The van der Waals surface area contributed by atoms with E-state index in [2.05, 4.69) is 64.2 Å². The molecule has 0 unspecified atom stereocenters. The van der Waals surface area contributed by atoms with Gasteiger partial charge in [-0.3, -0.25) is 9.78 Å². The van der Waals surface area contributed by atoms with Crippen LogP contribution in [0.1, 0.15) is 49.7 Å². The molecule has 1 aromatic carbocycles. The quantitative estimate of drug-likeness (QED) is 0.743. The predicted octanol–water partition coefficient (Wildman–Crippen LogP) is 4.13. The van der Waals surface area contributed by atoms with Crippen molar-refractivity contribution in [2.45, 2.75) is 44.9 Å². The Bertz CT molecular complexity index is 784. The summed E-state index contributed by atoms with van der Waals surface area (Å²) >= 11 is 0. The van der Waals surface area contributed by atoms with Gasteiger partial charge in [-0.1, -0.05) is 37.3 Å². The fourth-order valence-corrected chi connectivity index (χ4v) is 5.01. The van der Waals surface area contributed by atoms with Crippen molar-refractivity contribution in [3.8, 4) is 0 Å². The van der Waals surface area contributed by atoms with Crippen molar-refractivity contribution in [3.63, 3.8) is 0 Å². The third kappa shape index (κ3) is 5.05. The van der Waals surface area contributed by atoms with Gasteiger partial charge >= 0.3 is 0 Å². The zero-order chi connectivity index (χ0) is 20.1. The number of amides is 1. The highest BCUT2D eigenvalue weighted by molar-refractivity contribution is 5.77. The van der Waals surface area contributed by atoms with Crippen molar-refractivity contribution in [1.82, 2.24) is 14.8 Å². The summed E-state index contributed by atoms with van der Waals surface area (Å²) in [6, 6.07) is 14.9. The second kappa shape index (κ2) is 9.08. The van der Waals surface area contributed by atoms with Gasteiger partial charge in [0.05, 0.1) is 0 Å². The van der Waals surface area contributed by atoms with E-state index in [-0.39, 0.29) is 0 Å². The summed E-state index contributed by atoms with van der Waals surface area (Å²) in [6.07, 6.45) is 8.81. The second-order valence-electron chi connectivity index (χ2n) is 9.03. The van der Waals surface area contributed by atoms with Crippen LogP contribution in [0.5, 0.6) is 0 Å². The molecule has 4 nitrogen and oxygen atoms in total. The molecular formula is C25H33N3O. The Kier molecular flexibility index (Phi) is 6.29. The highest BCUT2D eigenvalue weighted by Gasteiger charge is 2.40. The van der Waals surface area contributed by atoms with Crippen LogP contribution in [-0.4, -0.2) is 53.4 Å². The Morgan fingerprint density at radius 1 is 1.03 bits per heavy atom. The molecule has 29 heavy (non-hydrogen) atoms. The smallest absolute Gasteiger partial charge is 0.222 e. The SMILES string of the molecule is C[C@H](CN1CCC2(CCC(=O)N(CCc3ccncc3)C2)CC1)c1ccccc1. The van der Waals surface area contributed by atoms with Gasteiger partial charge in [0.1, 0.15) is 0 Å². The molecule has 2 aliphatic rings. The Morgan fingerprint density at radius 3 is 2.48 bits per heavy atom. The Hall–Kier alpha value is -2.20. The van der Waals surface area contributed by atoms with E-state index in [9.17, 15) is 4.79 Å². The lowest BCUT2D eigenvalue weighted by atomic mass is 9.72. The van der Waals surface area contributed by atoms with E-state index in [4.69, 9.17) is 0 Å². The number of likely N-dealkylation sites (tertiary alicyclic amines) is 2. The lowest BCUT2D eigenvalue weighted by Gasteiger charge is -2.48. The van der Waals surface area contributed by atoms with Gasteiger partial charge in [-0.05, 0) is 73.4 Å². The maximum absolute atomic E-state index is 12.5. The molecule has 2 aromatic rings. The van der Waals surface area contributed by atoms with E-state index < -0.39 is 0 Å². The lowest BCUT2D eigenvalue weighted by molar-refractivity contribution is -0.139. The van der Waals surface area contributed by atoms with Gasteiger partial charge in [0.15, 0.2) is 0 Å². The summed E-state index contributed by atoms with van der Waals surface area (Å²) in [4.78, 5) is 21.4. The maximum Gasteiger partial charge on any atom is 0.222 e. The highest BCUT2D eigenvalue weighted by atomic mass is 16.2. The maximum atomic E-state index is 12.5. The monoisotopic (exact) mass is 391 g/mol. The number of nitrogens with zero attached hydrogens (tertiary/aromatic N) is 3. The van der Waals surface area contributed by atoms with E-state index in [1.165, 1.54) is 24.0 Å². The number of hydrogen-bond acceptors (Lipinski definition) is 3.